The Balaban J connectivity index is 2.82. The predicted molar refractivity (Wildman–Crippen MR) is 50.0 cm³/mol. The van der Waals surface area contributed by atoms with Crippen molar-refractivity contribution in [1.82, 2.24) is 3.59 Å². The molecule has 1 amide bonds. The van der Waals surface area contributed by atoms with Gasteiger partial charge in [0.25, 0.3) is 5.91 Å². The first-order valence-electron chi connectivity index (χ1n) is 3.00. The number of aliphatic imine (C=N–C) groups is 1. The second kappa shape index (κ2) is 2.43. The summed E-state index contributed by atoms with van der Waals surface area (Å²) >= 11 is 6.21. The first kappa shape index (κ1) is 8.00. The van der Waals surface area contributed by atoms with Crippen LogP contribution in [0.1, 0.15) is 15.9 Å². The Bertz CT molecular complexity index is 408. The standard InChI is InChI=1S/C6H2Br2N2O2/c7-4-3-2(1-9-5(3)11)6(12)10(4)8/h1,12H. The lowest BCUT2D eigenvalue weighted by Crippen LogP contribution is -1.89. The van der Waals surface area contributed by atoms with E-state index in [0.29, 0.717) is 15.7 Å². The van der Waals surface area contributed by atoms with Crippen LogP contribution in [0.2, 0.25) is 0 Å². The fourth-order valence-corrected chi connectivity index (χ4v) is 1.95. The van der Waals surface area contributed by atoms with Gasteiger partial charge in [-0.15, -0.1) is 0 Å². The lowest BCUT2D eigenvalue weighted by Gasteiger charge is -1.93. The molecule has 1 aromatic heterocycles. The van der Waals surface area contributed by atoms with Gasteiger partial charge in [-0.05, 0) is 15.9 Å². The molecule has 2 rings (SSSR count). The van der Waals surface area contributed by atoms with Crippen LogP contribution in [0.15, 0.2) is 9.60 Å². The molecule has 4 nitrogen and oxygen atoms in total. The van der Waals surface area contributed by atoms with Crippen LogP contribution in [-0.2, 0) is 0 Å². The van der Waals surface area contributed by atoms with Crippen molar-refractivity contribution in [3.63, 3.8) is 0 Å². The first-order valence-corrected chi connectivity index (χ1v) is 4.51. The first-order chi connectivity index (χ1) is 5.63. The molecular weight excluding hydrogens is 292 g/mol. The summed E-state index contributed by atoms with van der Waals surface area (Å²) < 4.78 is 1.79. The largest absolute Gasteiger partial charge is 0.493 e. The smallest absolute Gasteiger partial charge is 0.280 e. The van der Waals surface area contributed by atoms with Crippen LogP contribution >= 0.6 is 32.1 Å². The van der Waals surface area contributed by atoms with E-state index >= 15 is 0 Å². The van der Waals surface area contributed by atoms with Gasteiger partial charge in [-0.3, -0.25) is 4.79 Å². The summed E-state index contributed by atoms with van der Waals surface area (Å²) in [4.78, 5) is 14.6. The zero-order valence-corrected chi connectivity index (χ0v) is 8.76. The van der Waals surface area contributed by atoms with E-state index in [-0.39, 0.29) is 11.8 Å². The molecule has 0 saturated heterocycles. The fraction of sp³-hybridized carbons (Fsp3) is 0. The quantitative estimate of drug-likeness (QED) is 0.791. The van der Waals surface area contributed by atoms with Gasteiger partial charge in [0.1, 0.15) is 4.60 Å². The van der Waals surface area contributed by atoms with Crippen LogP contribution in [0.4, 0.5) is 0 Å². The molecule has 0 bridgehead atoms. The third-order valence-electron chi connectivity index (χ3n) is 1.60. The Kier molecular flexibility index (Phi) is 1.62. The van der Waals surface area contributed by atoms with Crippen molar-refractivity contribution in [2.24, 2.45) is 4.99 Å². The third kappa shape index (κ3) is 0.818. The van der Waals surface area contributed by atoms with Crippen LogP contribution in [-0.4, -0.2) is 20.8 Å². The maximum atomic E-state index is 11.1. The van der Waals surface area contributed by atoms with Crippen molar-refractivity contribution in [2.45, 2.75) is 0 Å². The van der Waals surface area contributed by atoms with Gasteiger partial charge >= 0.3 is 0 Å². The highest BCUT2D eigenvalue weighted by molar-refractivity contribution is 9.12. The molecule has 0 spiro atoms. The number of hydrogen-bond donors (Lipinski definition) is 1. The van der Waals surface area contributed by atoms with Crippen LogP contribution in [0.5, 0.6) is 5.88 Å². The van der Waals surface area contributed by atoms with E-state index in [2.05, 4.69) is 37.1 Å². The minimum absolute atomic E-state index is 0.0218. The molecule has 0 unspecified atom stereocenters. The molecule has 0 aromatic carbocycles. The van der Waals surface area contributed by atoms with Gasteiger partial charge in [-0.1, -0.05) is 0 Å². The van der Waals surface area contributed by atoms with Gasteiger partial charge in [-0.2, -0.15) is 0 Å². The number of hydrogen-bond acceptors (Lipinski definition) is 2. The number of aromatic hydroxyl groups is 1. The van der Waals surface area contributed by atoms with Gasteiger partial charge in [0.05, 0.1) is 27.3 Å². The number of fused-ring (bicyclic) bond motifs is 1. The predicted octanol–water partition coefficient (Wildman–Crippen LogP) is 1.69. The van der Waals surface area contributed by atoms with Gasteiger partial charge in [-0.25, -0.2) is 8.59 Å². The summed E-state index contributed by atoms with van der Waals surface area (Å²) in [5, 5.41) is 9.40. The van der Waals surface area contributed by atoms with Crippen molar-refractivity contribution in [1.29, 1.82) is 0 Å². The lowest BCUT2D eigenvalue weighted by atomic mass is 10.2. The Morgan fingerprint density at radius 2 is 2.25 bits per heavy atom. The number of rotatable bonds is 0. The summed E-state index contributed by atoms with van der Waals surface area (Å²) in [6.45, 7) is 0. The van der Waals surface area contributed by atoms with Crippen molar-refractivity contribution in [3.8, 4) is 5.88 Å². The van der Waals surface area contributed by atoms with E-state index < -0.39 is 0 Å². The van der Waals surface area contributed by atoms with E-state index in [1.54, 1.807) is 0 Å². The molecule has 12 heavy (non-hydrogen) atoms. The molecule has 0 atom stereocenters. The highest BCUT2D eigenvalue weighted by Gasteiger charge is 2.27. The Hall–Kier alpha value is -0.620. The Labute approximate surface area is 84.4 Å². The fourth-order valence-electron chi connectivity index (χ4n) is 1.03. The highest BCUT2D eigenvalue weighted by atomic mass is 79.9. The number of nitrogens with zero attached hydrogens (tertiary/aromatic N) is 2. The maximum Gasteiger partial charge on any atom is 0.280 e. The van der Waals surface area contributed by atoms with Gasteiger partial charge < -0.3 is 5.11 Å². The van der Waals surface area contributed by atoms with E-state index in [0.717, 1.165) is 0 Å². The van der Waals surface area contributed by atoms with E-state index in [1.165, 1.54) is 9.81 Å². The molecule has 1 N–H and O–H groups in total. The number of halogens is 2. The average Bonchev–Trinajstić information content (AvgIpc) is 2.51. The molecule has 1 aliphatic rings. The lowest BCUT2D eigenvalue weighted by molar-refractivity contribution is 0.101. The van der Waals surface area contributed by atoms with Crippen molar-refractivity contribution in [2.75, 3.05) is 0 Å². The zero-order valence-electron chi connectivity index (χ0n) is 5.58. The Morgan fingerprint density at radius 3 is 2.83 bits per heavy atom. The molecule has 62 valence electrons. The molecular formula is C6H2Br2N2O2. The average molecular weight is 294 g/mol. The summed E-state index contributed by atoms with van der Waals surface area (Å²) in [5.41, 5.74) is 0.841. The molecule has 2 heterocycles. The van der Waals surface area contributed by atoms with Crippen LogP contribution in [0.25, 0.3) is 0 Å². The van der Waals surface area contributed by atoms with Crippen molar-refractivity contribution in [3.05, 3.63) is 15.7 Å². The van der Waals surface area contributed by atoms with Crippen molar-refractivity contribution < 1.29 is 9.90 Å². The molecule has 0 aliphatic carbocycles. The summed E-state index contributed by atoms with van der Waals surface area (Å²) in [7, 11) is 0. The molecule has 0 fully saturated rings. The van der Waals surface area contributed by atoms with Crippen LogP contribution < -0.4 is 0 Å². The zero-order chi connectivity index (χ0) is 8.88. The number of carbonyl (C=O) groups excluding carboxylic acids is 1. The SMILES string of the molecule is O=C1N=Cc2c1c(Br)n(Br)c2O. The van der Waals surface area contributed by atoms with Crippen molar-refractivity contribution >= 4 is 44.2 Å². The van der Waals surface area contributed by atoms with Gasteiger partial charge in [0.15, 0.2) is 0 Å². The maximum absolute atomic E-state index is 11.1. The third-order valence-corrected chi connectivity index (χ3v) is 3.52. The second-order valence-electron chi connectivity index (χ2n) is 2.25. The van der Waals surface area contributed by atoms with Crippen LogP contribution in [0.3, 0.4) is 0 Å². The normalized spacial score (nSPS) is 14.0. The highest BCUT2D eigenvalue weighted by Crippen LogP contribution is 2.35. The molecule has 0 saturated carbocycles. The molecule has 1 aromatic rings. The van der Waals surface area contributed by atoms with Gasteiger partial charge in [0, 0.05) is 6.21 Å². The van der Waals surface area contributed by atoms with E-state index in [4.69, 9.17) is 0 Å². The molecule has 0 radical (unpaired) electrons. The Morgan fingerprint density at radius 1 is 1.58 bits per heavy atom. The number of amides is 1. The summed E-state index contributed by atoms with van der Waals surface area (Å²) in [6.07, 6.45) is 1.34. The number of aromatic nitrogens is 1. The summed E-state index contributed by atoms with van der Waals surface area (Å²) in [6, 6.07) is 0. The van der Waals surface area contributed by atoms with Gasteiger partial charge in [0.2, 0.25) is 5.88 Å². The molecule has 6 heteroatoms. The monoisotopic (exact) mass is 292 g/mol. The topological polar surface area (TPSA) is 54.6 Å². The minimum atomic E-state index is -0.342. The second-order valence-corrected chi connectivity index (χ2v) is 3.71. The van der Waals surface area contributed by atoms with E-state index in [9.17, 15) is 9.90 Å². The van der Waals surface area contributed by atoms with Crippen LogP contribution in [0, 0.1) is 0 Å². The number of carbonyl (C=O) groups is 1. The summed E-state index contributed by atoms with van der Waals surface area (Å²) in [5.74, 6) is -0.364. The minimum Gasteiger partial charge on any atom is -0.493 e. The van der Waals surface area contributed by atoms with E-state index in [1.807, 2.05) is 0 Å². The molecule has 1 aliphatic heterocycles.